The molecule has 3 aromatic rings. The molecule has 4 rings (SSSR count). The van der Waals surface area contributed by atoms with Gasteiger partial charge in [-0.15, -0.1) is 0 Å². The van der Waals surface area contributed by atoms with Crippen LogP contribution in [0.4, 0.5) is 10.5 Å². The molecule has 1 atom stereocenters. The van der Waals surface area contributed by atoms with Gasteiger partial charge in [-0.3, -0.25) is 4.79 Å². The lowest BCUT2D eigenvalue weighted by Gasteiger charge is -2.20. The van der Waals surface area contributed by atoms with Crippen LogP contribution in [0.15, 0.2) is 65.6 Å². The number of pyridine rings is 1. The molecule has 0 spiro atoms. The molecule has 0 saturated carbocycles. The average Bonchev–Trinajstić information content (AvgIpc) is 3.22. The molecule has 5 heteroatoms. The third-order valence-electron chi connectivity index (χ3n) is 5.54. The molecule has 0 unspecified atom stereocenters. The highest BCUT2D eigenvalue weighted by atomic mass is 16.2. The Bertz CT molecular complexity index is 1070. The predicted molar refractivity (Wildman–Crippen MR) is 117 cm³/mol. The summed E-state index contributed by atoms with van der Waals surface area (Å²) in [5, 5.41) is 4.48. The maximum atomic E-state index is 13.0. The van der Waals surface area contributed by atoms with Crippen molar-refractivity contribution in [2.45, 2.75) is 32.7 Å². The largest absolute Gasteiger partial charge is 0.324 e. The van der Waals surface area contributed by atoms with E-state index in [1.165, 1.54) is 5.56 Å². The molecule has 1 N–H and O–H groups in total. The molecule has 0 bridgehead atoms. The summed E-state index contributed by atoms with van der Waals surface area (Å²) in [6, 6.07) is 17.7. The number of carbonyl (C=O) groups excluding carboxylic acids is 1. The summed E-state index contributed by atoms with van der Waals surface area (Å²) >= 11 is 0. The second-order valence-electron chi connectivity index (χ2n) is 8.21. The number of anilines is 1. The molecule has 1 saturated heterocycles. The summed E-state index contributed by atoms with van der Waals surface area (Å²) in [5.41, 5.74) is 1.95. The Morgan fingerprint density at radius 2 is 1.76 bits per heavy atom. The van der Waals surface area contributed by atoms with Crippen LogP contribution in [-0.4, -0.2) is 28.6 Å². The van der Waals surface area contributed by atoms with E-state index in [2.05, 4.69) is 31.3 Å². The number of likely N-dealkylation sites (tertiary alicyclic amines) is 1. The highest BCUT2D eigenvalue weighted by molar-refractivity contribution is 6.01. The second-order valence-corrected chi connectivity index (χ2v) is 8.21. The SMILES string of the molecule is CC(C)Cn1cc(NC(=O)N2CC[C@@H](c3ccccc3)C2)c2ccccc2c1=O. The van der Waals surface area contributed by atoms with E-state index in [1.54, 1.807) is 10.8 Å². The molecule has 2 heterocycles. The smallest absolute Gasteiger partial charge is 0.321 e. The maximum Gasteiger partial charge on any atom is 0.321 e. The lowest BCUT2D eigenvalue weighted by atomic mass is 9.99. The van der Waals surface area contributed by atoms with Crippen LogP contribution in [0.3, 0.4) is 0 Å². The fraction of sp³-hybridized carbons (Fsp3) is 0.333. The van der Waals surface area contributed by atoms with Crippen LogP contribution >= 0.6 is 0 Å². The number of rotatable bonds is 4. The number of amides is 2. The first-order valence-corrected chi connectivity index (χ1v) is 10.3. The minimum absolute atomic E-state index is 0.0161. The Hall–Kier alpha value is -3.08. The summed E-state index contributed by atoms with van der Waals surface area (Å²) in [7, 11) is 0. The molecule has 2 amide bonds. The zero-order valence-electron chi connectivity index (χ0n) is 17.0. The van der Waals surface area contributed by atoms with Crippen LogP contribution in [0, 0.1) is 5.92 Å². The first-order chi connectivity index (χ1) is 14.0. The van der Waals surface area contributed by atoms with E-state index in [1.807, 2.05) is 47.4 Å². The molecule has 1 aromatic heterocycles. The van der Waals surface area contributed by atoms with Crippen molar-refractivity contribution in [3.63, 3.8) is 0 Å². The van der Waals surface area contributed by atoms with Crippen molar-refractivity contribution >= 4 is 22.5 Å². The van der Waals surface area contributed by atoms with Crippen LogP contribution < -0.4 is 10.9 Å². The van der Waals surface area contributed by atoms with Crippen molar-refractivity contribution in [3.05, 3.63) is 76.7 Å². The molecule has 5 nitrogen and oxygen atoms in total. The Balaban J connectivity index is 1.58. The topological polar surface area (TPSA) is 54.3 Å². The summed E-state index contributed by atoms with van der Waals surface area (Å²) in [6.45, 7) is 6.21. The van der Waals surface area contributed by atoms with E-state index in [9.17, 15) is 9.59 Å². The first-order valence-electron chi connectivity index (χ1n) is 10.3. The van der Waals surface area contributed by atoms with Crippen LogP contribution in [0.1, 0.15) is 31.7 Å². The van der Waals surface area contributed by atoms with Crippen LogP contribution in [0.5, 0.6) is 0 Å². The van der Waals surface area contributed by atoms with Crippen molar-refractivity contribution in [2.24, 2.45) is 5.92 Å². The highest BCUT2D eigenvalue weighted by Crippen LogP contribution is 2.28. The molecule has 1 aliphatic rings. The molecular formula is C24H27N3O2. The monoisotopic (exact) mass is 389 g/mol. The van der Waals surface area contributed by atoms with Crippen molar-refractivity contribution < 1.29 is 4.79 Å². The Kier molecular flexibility index (Phi) is 5.38. The minimum Gasteiger partial charge on any atom is -0.324 e. The van der Waals surface area contributed by atoms with Gasteiger partial charge in [0.15, 0.2) is 0 Å². The molecular weight excluding hydrogens is 362 g/mol. The van der Waals surface area contributed by atoms with Gasteiger partial charge in [0, 0.05) is 42.5 Å². The number of benzene rings is 2. The van der Waals surface area contributed by atoms with Crippen molar-refractivity contribution in [2.75, 3.05) is 18.4 Å². The van der Waals surface area contributed by atoms with E-state index >= 15 is 0 Å². The van der Waals surface area contributed by atoms with Gasteiger partial charge in [0.25, 0.3) is 5.56 Å². The summed E-state index contributed by atoms with van der Waals surface area (Å²) in [4.78, 5) is 27.6. The second kappa shape index (κ2) is 8.11. The lowest BCUT2D eigenvalue weighted by Crippen LogP contribution is -2.33. The van der Waals surface area contributed by atoms with Gasteiger partial charge in [-0.1, -0.05) is 62.4 Å². The molecule has 0 aliphatic carbocycles. The van der Waals surface area contributed by atoms with Gasteiger partial charge in [0.05, 0.1) is 5.69 Å². The molecule has 1 fully saturated rings. The van der Waals surface area contributed by atoms with Crippen LogP contribution in [0.2, 0.25) is 0 Å². The van der Waals surface area contributed by atoms with Gasteiger partial charge in [0.2, 0.25) is 0 Å². The summed E-state index contributed by atoms with van der Waals surface area (Å²) in [6.07, 6.45) is 2.75. The fourth-order valence-electron chi connectivity index (χ4n) is 4.11. The number of carbonyl (C=O) groups is 1. The summed E-state index contributed by atoms with van der Waals surface area (Å²) < 4.78 is 1.71. The van der Waals surface area contributed by atoms with Crippen LogP contribution in [0.25, 0.3) is 10.8 Å². The molecule has 150 valence electrons. The standard InChI is InChI=1S/C24H27N3O2/c1-17(2)14-27-16-22(20-10-6-7-11-21(20)23(27)28)25-24(29)26-13-12-19(15-26)18-8-4-3-5-9-18/h3-11,16-17,19H,12-15H2,1-2H3,(H,25,29)/t19-/m1/s1. The number of aromatic nitrogens is 1. The Morgan fingerprint density at radius 1 is 1.07 bits per heavy atom. The Labute approximate surface area is 171 Å². The predicted octanol–water partition coefficient (Wildman–Crippen LogP) is 4.68. The van der Waals surface area contributed by atoms with Gasteiger partial charge < -0.3 is 14.8 Å². The van der Waals surface area contributed by atoms with Gasteiger partial charge in [-0.05, 0) is 24.0 Å². The first kappa shape index (κ1) is 19.2. The van der Waals surface area contributed by atoms with E-state index < -0.39 is 0 Å². The van der Waals surface area contributed by atoms with Gasteiger partial charge in [0.1, 0.15) is 0 Å². The zero-order chi connectivity index (χ0) is 20.4. The van der Waals surface area contributed by atoms with Crippen molar-refractivity contribution in [1.29, 1.82) is 0 Å². The third kappa shape index (κ3) is 4.04. The highest BCUT2D eigenvalue weighted by Gasteiger charge is 2.27. The van der Waals surface area contributed by atoms with E-state index in [-0.39, 0.29) is 11.6 Å². The third-order valence-corrected chi connectivity index (χ3v) is 5.54. The quantitative estimate of drug-likeness (QED) is 0.704. The average molecular weight is 389 g/mol. The molecule has 0 radical (unpaired) electrons. The van der Waals surface area contributed by atoms with Crippen LogP contribution in [-0.2, 0) is 6.54 Å². The molecule has 1 aliphatic heterocycles. The van der Waals surface area contributed by atoms with Gasteiger partial charge in [-0.25, -0.2) is 4.79 Å². The lowest BCUT2D eigenvalue weighted by molar-refractivity contribution is 0.222. The van der Waals surface area contributed by atoms with E-state index in [4.69, 9.17) is 0 Å². The molecule has 2 aromatic carbocycles. The molecule has 29 heavy (non-hydrogen) atoms. The van der Waals surface area contributed by atoms with E-state index in [0.29, 0.717) is 36.0 Å². The maximum absolute atomic E-state index is 13.0. The fourth-order valence-corrected chi connectivity index (χ4v) is 4.11. The number of hydrogen-bond donors (Lipinski definition) is 1. The Morgan fingerprint density at radius 3 is 2.48 bits per heavy atom. The summed E-state index contributed by atoms with van der Waals surface area (Å²) in [5.74, 6) is 0.705. The minimum atomic E-state index is -0.108. The van der Waals surface area contributed by atoms with Crippen molar-refractivity contribution in [3.8, 4) is 0 Å². The number of nitrogens with zero attached hydrogens (tertiary/aromatic N) is 2. The number of nitrogens with one attached hydrogen (secondary N) is 1. The van der Waals surface area contributed by atoms with Gasteiger partial charge in [-0.2, -0.15) is 0 Å². The van der Waals surface area contributed by atoms with Crippen molar-refractivity contribution in [1.82, 2.24) is 9.47 Å². The number of fused-ring (bicyclic) bond motifs is 1. The number of hydrogen-bond acceptors (Lipinski definition) is 2. The normalized spacial score (nSPS) is 16.5. The van der Waals surface area contributed by atoms with E-state index in [0.717, 1.165) is 18.4 Å². The zero-order valence-corrected chi connectivity index (χ0v) is 17.0. The van der Waals surface area contributed by atoms with Gasteiger partial charge >= 0.3 is 6.03 Å². The number of urea groups is 1.